The van der Waals surface area contributed by atoms with Crippen molar-refractivity contribution in [3.8, 4) is 0 Å². The molecule has 2 saturated heterocycles. The summed E-state index contributed by atoms with van der Waals surface area (Å²) in [5, 5.41) is 7.51. The van der Waals surface area contributed by atoms with Crippen LogP contribution in [0, 0.1) is 12.8 Å². The first-order valence-corrected chi connectivity index (χ1v) is 9.38. The Labute approximate surface area is 150 Å². The predicted molar refractivity (Wildman–Crippen MR) is 96.4 cm³/mol. The zero-order valence-electron chi connectivity index (χ0n) is 15.7. The highest BCUT2D eigenvalue weighted by molar-refractivity contribution is 5.74. The molecular weight excluding hydrogens is 318 g/mol. The van der Waals surface area contributed by atoms with Gasteiger partial charge in [0, 0.05) is 51.5 Å². The van der Waals surface area contributed by atoms with Crippen molar-refractivity contribution in [3.63, 3.8) is 0 Å². The summed E-state index contributed by atoms with van der Waals surface area (Å²) in [6.45, 7) is 10.5. The average Bonchev–Trinajstić information content (AvgIpc) is 2.94. The molecule has 2 fully saturated rings. The Bertz CT molecular complexity index is 582. The highest BCUT2D eigenvalue weighted by atomic mass is 16.5. The van der Waals surface area contributed by atoms with Crippen molar-refractivity contribution in [1.29, 1.82) is 0 Å². The molecule has 2 amide bonds. The van der Waals surface area contributed by atoms with Gasteiger partial charge in [0.15, 0.2) is 0 Å². The first-order valence-electron chi connectivity index (χ1n) is 9.38. The van der Waals surface area contributed by atoms with Gasteiger partial charge in [0.1, 0.15) is 0 Å². The van der Waals surface area contributed by atoms with Crippen LogP contribution in [-0.4, -0.2) is 71.5 Å². The van der Waals surface area contributed by atoms with Crippen LogP contribution in [0.4, 0.5) is 4.79 Å². The third kappa shape index (κ3) is 4.73. The maximum Gasteiger partial charge on any atom is 0.317 e. The summed E-state index contributed by atoms with van der Waals surface area (Å²) in [7, 11) is 1.91. The van der Waals surface area contributed by atoms with Gasteiger partial charge in [-0.15, -0.1) is 0 Å². The maximum absolute atomic E-state index is 12.7. The van der Waals surface area contributed by atoms with E-state index in [1.165, 1.54) is 6.42 Å². The molecule has 3 heterocycles. The normalized spacial score (nSPS) is 23.5. The number of hydrogen-bond donors (Lipinski definition) is 1. The molecule has 0 unspecified atom stereocenters. The summed E-state index contributed by atoms with van der Waals surface area (Å²) in [6, 6.07) is 0.0169. The summed E-state index contributed by atoms with van der Waals surface area (Å²) in [4.78, 5) is 17.1. The van der Waals surface area contributed by atoms with Crippen molar-refractivity contribution in [2.45, 2.75) is 32.7 Å². The van der Waals surface area contributed by atoms with Gasteiger partial charge in [-0.2, -0.15) is 5.10 Å². The molecule has 7 nitrogen and oxygen atoms in total. The highest BCUT2D eigenvalue weighted by Crippen LogP contribution is 2.20. The zero-order chi connectivity index (χ0) is 17.8. The Morgan fingerprint density at radius 3 is 2.84 bits per heavy atom. The van der Waals surface area contributed by atoms with Crippen LogP contribution < -0.4 is 5.32 Å². The smallest absolute Gasteiger partial charge is 0.317 e. The number of nitrogens with zero attached hydrogens (tertiary/aromatic N) is 4. The predicted octanol–water partition coefficient (Wildman–Crippen LogP) is 1.54. The lowest BCUT2D eigenvalue weighted by molar-refractivity contribution is 0.0248. The Morgan fingerprint density at radius 1 is 1.40 bits per heavy atom. The average molecular weight is 349 g/mol. The van der Waals surface area contributed by atoms with Gasteiger partial charge >= 0.3 is 6.03 Å². The molecule has 1 aromatic heterocycles. The third-order valence-electron chi connectivity index (χ3n) is 5.28. The van der Waals surface area contributed by atoms with Crippen LogP contribution >= 0.6 is 0 Å². The Morgan fingerprint density at radius 2 is 2.16 bits per heavy atom. The molecule has 7 heteroatoms. The molecular formula is C18H31N5O2. The second kappa shape index (κ2) is 8.19. The lowest BCUT2D eigenvalue weighted by Gasteiger charge is -2.37. The molecule has 0 saturated carbocycles. The number of rotatable bonds is 4. The van der Waals surface area contributed by atoms with E-state index in [4.69, 9.17) is 4.74 Å². The van der Waals surface area contributed by atoms with E-state index >= 15 is 0 Å². The minimum atomic E-state index is -0.0270. The number of hydrogen-bond acceptors (Lipinski definition) is 4. The van der Waals surface area contributed by atoms with Crippen LogP contribution in [0.3, 0.4) is 0 Å². The Kier molecular flexibility index (Phi) is 5.96. The van der Waals surface area contributed by atoms with Gasteiger partial charge in [-0.1, -0.05) is 0 Å². The quantitative estimate of drug-likeness (QED) is 0.896. The van der Waals surface area contributed by atoms with E-state index in [1.54, 1.807) is 4.68 Å². The van der Waals surface area contributed by atoms with Crippen molar-refractivity contribution in [1.82, 2.24) is 24.9 Å². The molecule has 1 N–H and O–H groups in total. The molecule has 0 spiro atoms. The molecule has 0 aromatic carbocycles. The van der Waals surface area contributed by atoms with Crippen molar-refractivity contribution < 1.29 is 9.53 Å². The van der Waals surface area contributed by atoms with E-state index in [1.807, 2.05) is 32.0 Å². The monoisotopic (exact) mass is 349 g/mol. The molecule has 2 atom stereocenters. The van der Waals surface area contributed by atoms with Gasteiger partial charge in [-0.3, -0.25) is 9.58 Å². The van der Waals surface area contributed by atoms with Gasteiger partial charge in [-0.25, -0.2) is 4.79 Å². The zero-order valence-corrected chi connectivity index (χ0v) is 15.7. The first kappa shape index (κ1) is 18.2. The van der Waals surface area contributed by atoms with Gasteiger partial charge in [0.25, 0.3) is 0 Å². The summed E-state index contributed by atoms with van der Waals surface area (Å²) < 4.78 is 7.22. The highest BCUT2D eigenvalue weighted by Gasteiger charge is 2.27. The molecule has 0 bridgehead atoms. The van der Waals surface area contributed by atoms with Crippen molar-refractivity contribution in [3.05, 3.63) is 17.5 Å². The largest absolute Gasteiger partial charge is 0.379 e. The van der Waals surface area contributed by atoms with Crippen molar-refractivity contribution in [2.75, 3.05) is 45.9 Å². The third-order valence-corrected chi connectivity index (χ3v) is 5.28. The van der Waals surface area contributed by atoms with E-state index in [0.29, 0.717) is 5.92 Å². The summed E-state index contributed by atoms with van der Waals surface area (Å²) >= 11 is 0. The summed E-state index contributed by atoms with van der Waals surface area (Å²) in [5.74, 6) is 0.563. The second-order valence-corrected chi connectivity index (χ2v) is 7.38. The molecule has 1 aromatic rings. The Balaban J connectivity index is 1.51. The number of urea groups is 1. The SMILES string of the molecule is Cc1nn(C)cc1[C@H](C)NC(=O)N1CCC[C@@H](CN2CCOCC2)C1. The van der Waals surface area contributed by atoms with Crippen molar-refractivity contribution >= 4 is 6.03 Å². The van der Waals surface area contributed by atoms with E-state index in [2.05, 4.69) is 15.3 Å². The standard InChI is InChI=1S/C18H31N5O2/c1-14(17-13-21(3)20-15(17)2)19-18(24)23-6-4-5-16(12-23)11-22-7-9-25-10-8-22/h13-14,16H,4-12H2,1-3H3,(H,19,24)/t14-,16-/m0/s1. The molecule has 0 radical (unpaired) electrons. The number of ether oxygens (including phenoxy) is 1. The molecule has 140 valence electrons. The van der Waals surface area contributed by atoms with Gasteiger partial charge in [0.05, 0.1) is 24.9 Å². The van der Waals surface area contributed by atoms with Gasteiger partial charge in [-0.05, 0) is 32.6 Å². The first-order chi connectivity index (χ1) is 12.0. The van der Waals surface area contributed by atoms with Crippen LogP contribution in [0.2, 0.25) is 0 Å². The molecule has 3 rings (SSSR count). The number of amides is 2. The number of aryl methyl sites for hydroxylation is 2. The number of nitrogens with one attached hydrogen (secondary N) is 1. The minimum absolute atomic E-state index is 0.0270. The Hall–Kier alpha value is -1.60. The number of piperidine rings is 1. The van der Waals surface area contributed by atoms with E-state index < -0.39 is 0 Å². The molecule has 25 heavy (non-hydrogen) atoms. The fourth-order valence-corrected chi connectivity index (χ4v) is 3.94. The van der Waals surface area contributed by atoms with Crippen LogP contribution in [0.5, 0.6) is 0 Å². The van der Waals surface area contributed by atoms with Gasteiger partial charge in [0.2, 0.25) is 0 Å². The number of aromatic nitrogens is 2. The molecule has 2 aliphatic heterocycles. The molecule has 0 aliphatic carbocycles. The lowest BCUT2D eigenvalue weighted by atomic mass is 9.97. The fraction of sp³-hybridized carbons (Fsp3) is 0.778. The fourth-order valence-electron chi connectivity index (χ4n) is 3.94. The van der Waals surface area contributed by atoms with Crippen LogP contribution in [0.1, 0.15) is 37.1 Å². The maximum atomic E-state index is 12.7. The topological polar surface area (TPSA) is 62.6 Å². The van der Waals surface area contributed by atoms with E-state index in [-0.39, 0.29) is 12.1 Å². The second-order valence-electron chi connectivity index (χ2n) is 7.38. The molecule has 2 aliphatic rings. The number of carbonyl (C=O) groups is 1. The summed E-state index contributed by atoms with van der Waals surface area (Å²) in [6.07, 6.45) is 4.28. The minimum Gasteiger partial charge on any atom is -0.379 e. The number of likely N-dealkylation sites (tertiary alicyclic amines) is 1. The van der Waals surface area contributed by atoms with Crippen LogP contribution in [0.25, 0.3) is 0 Å². The van der Waals surface area contributed by atoms with Crippen LogP contribution in [-0.2, 0) is 11.8 Å². The van der Waals surface area contributed by atoms with Crippen molar-refractivity contribution in [2.24, 2.45) is 13.0 Å². The summed E-state index contributed by atoms with van der Waals surface area (Å²) in [5.41, 5.74) is 2.05. The van der Waals surface area contributed by atoms with Gasteiger partial charge < -0.3 is 15.0 Å². The number of morpholine rings is 1. The van der Waals surface area contributed by atoms with Crippen LogP contribution in [0.15, 0.2) is 6.20 Å². The van der Waals surface area contributed by atoms with E-state index in [0.717, 1.165) is 63.6 Å². The lowest BCUT2D eigenvalue weighted by Crippen LogP contribution is -2.49. The van der Waals surface area contributed by atoms with E-state index in [9.17, 15) is 4.79 Å². The number of carbonyl (C=O) groups excluding carboxylic acids is 1.